The number of hydrogen-bond donors (Lipinski definition) is 1. The molecule has 0 bridgehead atoms. The van der Waals surface area contributed by atoms with Gasteiger partial charge in [-0.15, -0.1) is 0 Å². The number of nitrogens with zero attached hydrogens (tertiary/aromatic N) is 1. The quantitative estimate of drug-likeness (QED) is 0.815. The van der Waals surface area contributed by atoms with E-state index in [9.17, 15) is 0 Å². The van der Waals surface area contributed by atoms with E-state index in [1.54, 1.807) is 0 Å². The predicted octanol–water partition coefficient (Wildman–Crippen LogP) is 2.61. The van der Waals surface area contributed by atoms with Gasteiger partial charge in [-0.1, -0.05) is 18.2 Å². The van der Waals surface area contributed by atoms with E-state index in [0.29, 0.717) is 6.04 Å². The molecule has 0 radical (unpaired) electrons. The van der Waals surface area contributed by atoms with E-state index in [-0.39, 0.29) is 0 Å². The summed E-state index contributed by atoms with van der Waals surface area (Å²) in [4.78, 5) is 4.40. The molecular weight excluding hydrogens is 216 g/mol. The third-order valence-corrected chi connectivity index (χ3v) is 4.04. The molecule has 2 heterocycles. The first-order chi connectivity index (χ1) is 7.95. The molecule has 0 aliphatic carbocycles. The van der Waals surface area contributed by atoms with Crippen LogP contribution in [0.25, 0.3) is 10.9 Å². The Labute approximate surface area is 99.5 Å². The van der Waals surface area contributed by atoms with Gasteiger partial charge in [-0.05, 0) is 17.7 Å². The van der Waals surface area contributed by atoms with E-state index in [1.807, 2.05) is 24.0 Å². The molecule has 0 unspecified atom stereocenters. The number of nitrogens with one attached hydrogen (secondary N) is 1. The van der Waals surface area contributed by atoms with Crippen LogP contribution in [0.15, 0.2) is 36.5 Å². The van der Waals surface area contributed by atoms with Crippen molar-refractivity contribution in [1.29, 1.82) is 0 Å². The summed E-state index contributed by atoms with van der Waals surface area (Å²) in [5.74, 6) is 2.38. The average Bonchev–Trinajstić information content (AvgIpc) is 2.39. The van der Waals surface area contributed by atoms with Gasteiger partial charge in [0.1, 0.15) is 0 Å². The molecule has 1 saturated heterocycles. The highest BCUT2D eigenvalue weighted by Gasteiger charge is 2.16. The number of benzene rings is 1. The summed E-state index contributed by atoms with van der Waals surface area (Å²) in [7, 11) is 0. The smallest absolute Gasteiger partial charge is 0.0705 e. The van der Waals surface area contributed by atoms with Crippen LogP contribution in [0.4, 0.5) is 0 Å². The number of hydrogen-bond acceptors (Lipinski definition) is 3. The average molecular weight is 230 g/mol. The summed E-state index contributed by atoms with van der Waals surface area (Å²) in [5, 5.41) is 4.86. The van der Waals surface area contributed by atoms with Crippen molar-refractivity contribution in [2.24, 2.45) is 0 Å². The summed E-state index contributed by atoms with van der Waals surface area (Å²) in [6, 6.07) is 11.0. The molecule has 1 aromatic heterocycles. The van der Waals surface area contributed by atoms with Crippen molar-refractivity contribution in [1.82, 2.24) is 10.3 Å². The SMILES string of the molecule is c1ccc2c([C@H]3CSCCN3)ccnc2c1. The first-order valence-electron chi connectivity index (χ1n) is 5.60. The third-order valence-electron chi connectivity index (χ3n) is 2.98. The second-order valence-electron chi connectivity index (χ2n) is 4.00. The highest BCUT2D eigenvalue weighted by molar-refractivity contribution is 7.99. The van der Waals surface area contributed by atoms with Gasteiger partial charge in [0, 0.05) is 35.7 Å². The van der Waals surface area contributed by atoms with Crippen molar-refractivity contribution in [3.63, 3.8) is 0 Å². The molecule has 0 saturated carbocycles. The zero-order valence-corrected chi connectivity index (χ0v) is 9.83. The van der Waals surface area contributed by atoms with Gasteiger partial charge in [0.15, 0.2) is 0 Å². The lowest BCUT2D eigenvalue weighted by atomic mass is 10.0. The first kappa shape index (κ1) is 10.1. The maximum absolute atomic E-state index is 4.40. The van der Waals surface area contributed by atoms with Crippen LogP contribution >= 0.6 is 11.8 Å². The Bertz CT molecular complexity index is 487. The van der Waals surface area contributed by atoms with Gasteiger partial charge < -0.3 is 5.32 Å². The summed E-state index contributed by atoms with van der Waals surface area (Å²) in [6.07, 6.45) is 1.92. The molecular formula is C13H14N2S. The minimum absolute atomic E-state index is 0.478. The summed E-state index contributed by atoms with van der Waals surface area (Å²) in [5.41, 5.74) is 2.48. The van der Waals surface area contributed by atoms with Crippen molar-refractivity contribution in [3.05, 3.63) is 42.1 Å². The summed E-state index contributed by atoms with van der Waals surface area (Å²) in [6.45, 7) is 1.10. The van der Waals surface area contributed by atoms with Crippen molar-refractivity contribution in [3.8, 4) is 0 Å². The second-order valence-corrected chi connectivity index (χ2v) is 5.15. The molecule has 3 rings (SSSR count). The van der Waals surface area contributed by atoms with Gasteiger partial charge in [-0.2, -0.15) is 11.8 Å². The number of fused-ring (bicyclic) bond motifs is 1. The fourth-order valence-electron chi connectivity index (χ4n) is 2.19. The van der Waals surface area contributed by atoms with Gasteiger partial charge in [0.05, 0.1) is 5.52 Å². The van der Waals surface area contributed by atoms with Crippen LogP contribution in [-0.2, 0) is 0 Å². The van der Waals surface area contributed by atoms with Gasteiger partial charge in [0.25, 0.3) is 0 Å². The van der Waals surface area contributed by atoms with Crippen molar-refractivity contribution >= 4 is 22.7 Å². The van der Waals surface area contributed by atoms with Crippen molar-refractivity contribution in [2.45, 2.75) is 6.04 Å². The minimum atomic E-state index is 0.478. The normalized spacial score (nSPS) is 21.1. The van der Waals surface area contributed by atoms with Gasteiger partial charge >= 0.3 is 0 Å². The first-order valence-corrected chi connectivity index (χ1v) is 6.75. The molecule has 1 aromatic carbocycles. The van der Waals surface area contributed by atoms with Crippen LogP contribution in [0.1, 0.15) is 11.6 Å². The Morgan fingerprint density at radius 3 is 3.06 bits per heavy atom. The van der Waals surface area contributed by atoms with Gasteiger partial charge in [-0.25, -0.2) is 0 Å². The van der Waals surface area contributed by atoms with Crippen molar-refractivity contribution < 1.29 is 0 Å². The van der Waals surface area contributed by atoms with Gasteiger partial charge in [0.2, 0.25) is 0 Å². The van der Waals surface area contributed by atoms with E-state index in [4.69, 9.17) is 0 Å². The van der Waals surface area contributed by atoms with E-state index < -0.39 is 0 Å². The zero-order valence-electron chi connectivity index (χ0n) is 9.02. The van der Waals surface area contributed by atoms with E-state index in [0.717, 1.165) is 17.8 Å². The zero-order chi connectivity index (χ0) is 10.8. The van der Waals surface area contributed by atoms with Crippen molar-refractivity contribution in [2.75, 3.05) is 18.1 Å². The molecule has 1 N–H and O–H groups in total. The third kappa shape index (κ3) is 1.81. The highest BCUT2D eigenvalue weighted by atomic mass is 32.2. The van der Waals surface area contributed by atoms with E-state index in [1.165, 1.54) is 16.7 Å². The lowest BCUT2D eigenvalue weighted by molar-refractivity contribution is 0.598. The Hall–Kier alpha value is -1.06. The van der Waals surface area contributed by atoms with E-state index in [2.05, 4.69) is 34.6 Å². The molecule has 3 heteroatoms. The Balaban J connectivity index is 2.08. The predicted molar refractivity (Wildman–Crippen MR) is 69.8 cm³/mol. The molecule has 16 heavy (non-hydrogen) atoms. The molecule has 0 amide bonds. The lowest BCUT2D eigenvalue weighted by Crippen LogP contribution is -2.30. The fourth-order valence-corrected chi connectivity index (χ4v) is 3.15. The van der Waals surface area contributed by atoms with Crippen LogP contribution in [0.3, 0.4) is 0 Å². The fraction of sp³-hybridized carbons (Fsp3) is 0.308. The molecule has 2 aromatic rings. The Kier molecular flexibility index (Phi) is 2.80. The number of pyridine rings is 1. The van der Waals surface area contributed by atoms with Gasteiger partial charge in [-0.3, -0.25) is 4.98 Å². The number of para-hydroxylation sites is 1. The monoisotopic (exact) mass is 230 g/mol. The van der Waals surface area contributed by atoms with Crippen LogP contribution < -0.4 is 5.32 Å². The second kappa shape index (κ2) is 4.44. The number of thioether (sulfide) groups is 1. The molecule has 1 aliphatic rings. The van der Waals surface area contributed by atoms with E-state index >= 15 is 0 Å². The molecule has 2 nitrogen and oxygen atoms in total. The number of rotatable bonds is 1. The number of aromatic nitrogens is 1. The summed E-state index contributed by atoms with van der Waals surface area (Å²) < 4.78 is 0. The molecule has 1 aliphatic heterocycles. The topological polar surface area (TPSA) is 24.9 Å². The maximum atomic E-state index is 4.40. The largest absolute Gasteiger partial charge is 0.308 e. The molecule has 0 spiro atoms. The maximum Gasteiger partial charge on any atom is 0.0705 e. The van der Waals surface area contributed by atoms with Crippen LogP contribution in [0, 0.1) is 0 Å². The molecule has 82 valence electrons. The standard InChI is InChI=1S/C13H14N2S/c1-2-4-12-10(3-1)11(5-6-14-12)13-9-16-8-7-15-13/h1-6,13,15H,7-9H2/t13-/m1/s1. The lowest BCUT2D eigenvalue weighted by Gasteiger charge is -2.24. The van der Waals surface area contributed by atoms with Crippen LogP contribution in [0.2, 0.25) is 0 Å². The molecule has 1 atom stereocenters. The van der Waals surface area contributed by atoms with Crippen LogP contribution in [0.5, 0.6) is 0 Å². The Morgan fingerprint density at radius 1 is 1.25 bits per heavy atom. The van der Waals surface area contributed by atoms with Crippen LogP contribution in [-0.4, -0.2) is 23.0 Å². The summed E-state index contributed by atoms with van der Waals surface area (Å²) >= 11 is 2.02. The minimum Gasteiger partial charge on any atom is -0.308 e. The highest BCUT2D eigenvalue weighted by Crippen LogP contribution is 2.27. The Morgan fingerprint density at radius 2 is 2.19 bits per heavy atom. The molecule has 1 fully saturated rings.